The third-order valence-electron chi connectivity index (χ3n) is 5.38. The second-order valence-corrected chi connectivity index (χ2v) is 10.1. The lowest BCUT2D eigenvalue weighted by Gasteiger charge is -2.24. The van der Waals surface area contributed by atoms with Gasteiger partial charge in [0.05, 0.1) is 0 Å². The molecule has 0 heterocycles. The molecule has 1 N–H and O–H groups in total. The zero-order valence-corrected chi connectivity index (χ0v) is 23.6. The number of aryl methyl sites for hydroxylation is 1. The van der Waals surface area contributed by atoms with Crippen LogP contribution < -0.4 is 10.1 Å². The Hall–Kier alpha value is -2.14. The molecular formula is C26H44N4O5S. The van der Waals surface area contributed by atoms with Crippen LogP contribution in [0.4, 0.5) is 4.79 Å². The Bertz CT molecular complexity index is 806. The van der Waals surface area contributed by atoms with Crippen molar-refractivity contribution in [2.24, 2.45) is 0 Å². The van der Waals surface area contributed by atoms with Crippen LogP contribution in [0.1, 0.15) is 35.7 Å². The van der Waals surface area contributed by atoms with Crippen LogP contribution in [0.3, 0.4) is 0 Å². The number of ether oxygens (including phenoxy) is 2. The summed E-state index contributed by atoms with van der Waals surface area (Å²) in [6, 6.07) is 5.03. The van der Waals surface area contributed by atoms with Gasteiger partial charge in [-0.15, -0.1) is 0 Å². The van der Waals surface area contributed by atoms with Gasteiger partial charge >= 0.3 is 6.09 Å². The first-order chi connectivity index (χ1) is 17.2. The number of nitrogens with one attached hydrogen (secondary N) is 1. The largest absolute Gasteiger partial charge is 0.415 e. The summed E-state index contributed by atoms with van der Waals surface area (Å²) in [5.74, 6) is 0.812. The maximum atomic E-state index is 13.0. The number of rotatable bonds is 18. The number of amides is 2. The first-order valence-electron chi connectivity index (χ1n) is 12.4. The van der Waals surface area contributed by atoms with E-state index in [0.29, 0.717) is 37.4 Å². The standard InChI is InChI=1S/C26H44N4O5S/c1-7-21-18-22(23(31)19-34-20-25(32)27-12-17-36-6)10-11-24(21)35-26(33)30(15-8-13-28(2)3)16-9-14-29(4)5/h10-11,18H,7-9,12-17,19-20H2,1-6H3,(H,27,32). The smallest absolute Gasteiger partial charge is 0.410 e. The van der Waals surface area contributed by atoms with Crippen molar-refractivity contribution in [3.05, 3.63) is 29.3 Å². The van der Waals surface area contributed by atoms with Crippen molar-refractivity contribution in [2.75, 3.05) is 86.1 Å². The van der Waals surface area contributed by atoms with Crippen molar-refractivity contribution in [2.45, 2.75) is 26.2 Å². The predicted molar refractivity (Wildman–Crippen MR) is 146 cm³/mol. The number of thioether (sulfide) groups is 1. The van der Waals surface area contributed by atoms with Crippen molar-refractivity contribution in [1.82, 2.24) is 20.0 Å². The van der Waals surface area contributed by atoms with Crippen molar-refractivity contribution >= 4 is 29.5 Å². The van der Waals surface area contributed by atoms with Crippen LogP contribution in [-0.2, 0) is 16.0 Å². The summed E-state index contributed by atoms with van der Waals surface area (Å²) in [4.78, 5) is 43.2. The molecule has 2 amide bonds. The van der Waals surface area contributed by atoms with Crippen LogP contribution in [0.5, 0.6) is 5.75 Å². The topological polar surface area (TPSA) is 91.4 Å². The highest BCUT2D eigenvalue weighted by Crippen LogP contribution is 2.22. The minimum Gasteiger partial charge on any atom is -0.410 e. The van der Waals surface area contributed by atoms with Crippen molar-refractivity contribution in [3.8, 4) is 5.75 Å². The zero-order valence-electron chi connectivity index (χ0n) is 22.8. The van der Waals surface area contributed by atoms with Gasteiger partial charge in [0.25, 0.3) is 0 Å². The fourth-order valence-electron chi connectivity index (χ4n) is 3.40. The molecule has 0 saturated carbocycles. The number of Topliss-reactive ketones (excluding diaryl/α,β-unsaturated/α-hetero) is 1. The van der Waals surface area contributed by atoms with Gasteiger partial charge in [0, 0.05) is 31.0 Å². The fourth-order valence-corrected chi connectivity index (χ4v) is 3.71. The predicted octanol–water partition coefficient (Wildman–Crippen LogP) is 2.63. The van der Waals surface area contributed by atoms with Crippen LogP contribution in [0, 0.1) is 0 Å². The number of benzene rings is 1. The molecule has 0 saturated heterocycles. The number of carbonyl (C=O) groups excluding carboxylic acids is 3. The third kappa shape index (κ3) is 13.2. The van der Waals surface area contributed by atoms with E-state index in [1.165, 1.54) is 0 Å². The van der Waals surface area contributed by atoms with E-state index in [1.807, 2.05) is 41.4 Å². The molecule has 0 aromatic heterocycles. The van der Waals surface area contributed by atoms with E-state index >= 15 is 0 Å². The molecule has 0 fully saturated rings. The van der Waals surface area contributed by atoms with Crippen LogP contribution in [0.2, 0.25) is 0 Å². The van der Waals surface area contributed by atoms with Gasteiger partial charge in [-0.2, -0.15) is 11.8 Å². The van der Waals surface area contributed by atoms with Gasteiger partial charge in [0.15, 0.2) is 5.78 Å². The van der Waals surface area contributed by atoms with Crippen molar-refractivity contribution in [3.63, 3.8) is 0 Å². The van der Waals surface area contributed by atoms with E-state index in [4.69, 9.17) is 9.47 Å². The molecule has 0 aliphatic rings. The average molecular weight is 525 g/mol. The Morgan fingerprint density at radius 3 is 2.14 bits per heavy atom. The first-order valence-corrected chi connectivity index (χ1v) is 13.8. The molecule has 10 heteroatoms. The third-order valence-corrected chi connectivity index (χ3v) is 5.99. The lowest BCUT2D eigenvalue weighted by Crippen LogP contribution is -2.37. The van der Waals surface area contributed by atoms with E-state index in [9.17, 15) is 14.4 Å². The van der Waals surface area contributed by atoms with E-state index < -0.39 is 0 Å². The molecule has 36 heavy (non-hydrogen) atoms. The second-order valence-electron chi connectivity index (χ2n) is 9.10. The quantitative estimate of drug-likeness (QED) is 0.232. The van der Waals surface area contributed by atoms with Gasteiger partial charge in [0.1, 0.15) is 19.0 Å². The SMILES string of the molecule is CCc1cc(C(=O)COCC(=O)NCCSC)ccc1OC(=O)N(CCCN(C)C)CCCN(C)C. The van der Waals surface area contributed by atoms with Gasteiger partial charge in [-0.05, 0) is 90.6 Å². The van der Waals surface area contributed by atoms with Crippen molar-refractivity contribution < 1.29 is 23.9 Å². The van der Waals surface area contributed by atoms with Gasteiger partial charge in [-0.3, -0.25) is 9.59 Å². The monoisotopic (exact) mass is 524 g/mol. The zero-order chi connectivity index (χ0) is 26.9. The molecule has 0 unspecified atom stereocenters. The molecular weight excluding hydrogens is 480 g/mol. The molecule has 204 valence electrons. The molecule has 0 atom stereocenters. The Morgan fingerprint density at radius 1 is 0.944 bits per heavy atom. The minimum absolute atomic E-state index is 0.159. The van der Waals surface area contributed by atoms with E-state index in [1.54, 1.807) is 34.9 Å². The molecule has 9 nitrogen and oxygen atoms in total. The van der Waals surface area contributed by atoms with E-state index in [0.717, 1.165) is 37.2 Å². The number of hydrogen-bond donors (Lipinski definition) is 1. The summed E-state index contributed by atoms with van der Waals surface area (Å²) in [7, 11) is 8.05. The second kappa shape index (κ2) is 18.2. The fraction of sp³-hybridized carbons (Fsp3) is 0.654. The molecule has 0 bridgehead atoms. The average Bonchev–Trinajstić information content (AvgIpc) is 2.82. The summed E-state index contributed by atoms with van der Waals surface area (Å²) in [6.07, 6.45) is 3.90. The van der Waals surface area contributed by atoms with Gasteiger partial charge in [-0.1, -0.05) is 6.92 Å². The van der Waals surface area contributed by atoms with Gasteiger partial charge in [-0.25, -0.2) is 4.79 Å². The Kier molecular flexibility index (Phi) is 16.1. The lowest BCUT2D eigenvalue weighted by molar-refractivity contribution is -0.125. The molecule has 1 rings (SSSR count). The van der Waals surface area contributed by atoms with Crippen LogP contribution in [0.25, 0.3) is 0 Å². The van der Waals surface area contributed by atoms with Crippen LogP contribution in [0.15, 0.2) is 18.2 Å². The summed E-state index contributed by atoms with van der Waals surface area (Å²) < 4.78 is 11.1. The summed E-state index contributed by atoms with van der Waals surface area (Å²) >= 11 is 1.64. The maximum Gasteiger partial charge on any atom is 0.415 e. The normalized spacial score (nSPS) is 11.1. The Labute approximate surface area is 220 Å². The van der Waals surface area contributed by atoms with Crippen LogP contribution >= 0.6 is 11.8 Å². The number of ketones is 1. The number of carbonyl (C=O) groups is 3. The molecule has 0 spiro atoms. The number of nitrogens with zero attached hydrogens (tertiary/aromatic N) is 3. The molecule has 0 aliphatic heterocycles. The molecule has 1 aromatic rings. The van der Waals surface area contributed by atoms with E-state index in [-0.39, 0.29) is 31.0 Å². The Morgan fingerprint density at radius 2 is 1.58 bits per heavy atom. The first kappa shape index (κ1) is 31.9. The lowest BCUT2D eigenvalue weighted by atomic mass is 10.0. The van der Waals surface area contributed by atoms with Gasteiger partial charge < -0.3 is 29.5 Å². The Balaban J connectivity index is 2.74. The highest BCUT2D eigenvalue weighted by molar-refractivity contribution is 7.98. The molecule has 0 radical (unpaired) electrons. The van der Waals surface area contributed by atoms with E-state index in [2.05, 4.69) is 15.1 Å². The van der Waals surface area contributed by atoms with Gasteiger partial charge in [0.2, 0.25) is 5.91 Å². The van der Waals surface area contributed by atoms with Crippen LogP contribution in [-0.4, -0.2) is 119 Å². The highest BCUT2D eigenvalue weighted by atomic mass is 32.2. The summed E-state index contributed by atoms with van der Waals surface area (Å²) in [5, 5.41) is 2.73. The summed E-state index contributed by atoms with van der Waals surface area (Å²) in [6.45, 7) is 5.17. The van der Waals surface area contributed by atoms with Crippen molar-refractivity contribution in [1.29, 1.82) is 0 Å². The maximum absolute atomic E-state index is 13.0. The number of hydrogen-bond acceptors (Lipinski definition) is 8. The summed E-state index contributed by atoms with van der Waals surface area (Å²) in [5.41, 5.74) is 1.23. The molecule has 1 aromatic carbocycles. The molecule has 0 aliphatic carbocycles. The highest BCUT2D eigenvalue weighted by Gasteiger charge is 2.18. The minimum atomic E-state index is -0.378.